The summed E-state index contributed by atoms with van der Waals surface area (Å²) < 4.78 is 54.0. The van der Waals surface area contributed by atoms with Gasteiger partial charge in [0.1, 0.15) is 0 Å². The van der Waals surface area contributed by atoms with E-state index in [9.17, 15) is 13.7 Å². The van der Waals surface area contributed by atoms with Crippen molar-refractivity contribution in [1.29, 1.82) is 0 Å². The zero-order valence-corrected chi connectivity index (χ0v) is 16.7. The van der Waals surface area contributed by atoms with Crippen LogP contribution in [0.4, 0.5) is 0 Å². The molecule has 3 N–H and O–H groups in total. The second-order valence-corrected chi connectivity index (χ2v) is 7.50. The van der Waals surface area contributed by atoms with Crippen molar-refractivity contribution in [2.45, 2.75) is 0 Å². The van der Waals surface area contributed by atoms with Gasteiger partial charge in [-0.1, -0.05) is 0 Å². The van der Waals surface area contributed by atoms with Crippen molar-refractivity contribution in [1.82, 2.24) is 0 Å². The molecule has 0 aromatic heterocycles. The first kappa shape index (κ1) is 30.7. The van der Waals surface area contributed by atoms with E-state index in [1.807, 2.05) is 0 Å². The van der Waals surface area contributed by atoms with E-state index in [0.717, 1.165) is 42.7 Å². The van der Waals surface area contributed by atoms with Gasteiger partial charge < -0.3 is 14.7 Å². The van der Waals surface area contributed by atoms with Gasteiger partial charge in [-0.25, -0.2) is 13.7 Å². The Morgan fingerprint density at radius 3 is 0.591 bits per heavy atom. The molecule has 0 spiro atoms. The predicted molar refractivity (Wildman–Crippen MR) is 71.5 cm³/mol. The SMILES string of the molecule is COP(=O)(O)OC.COP(=O)(O)OC.COP(=O)(O)OC.[Cr]. The van der Waals surface area contributed by atoms with E-state index >= 15 is 0 Å². The van der Waals surface area contributed by atoms with Gasteiger partial charge in [0.25, 0.3) is 0 Å². The van der Waals surface area contributed by atoms with Gasteiger partial charge in [0, 0.05) is 60.0 Å². The number of hydrogen-bond acceptors (Lipinski definition) is 9. The van der Waals surface area contributed by atoms with Crippen LogP contribution in [0.25, 0.3) is 0 Å². The minimum atomic E-state index is -3.65. The number of rotatable bonds is 6. The van der Waals surface area contributed by atoms with Crippen molar-refractivity contribution in [2.75, 3.05) is 42.7 Å². The van der Waals surface area contributed by atoms with Crippen LogP contribution in [0.3, 0.4) is 0 Å². The van der Waals surface area contributed by atoms with E-state index < -0.39 is 23.5 Å². The maximum atomic E-state index is 10.1. The minimum absolute atomic E-state index is 0. The molecule has 138 valence electrons. The van der Waals surface area contributed by atoms with Crippen molar-refractivity contribution in [3.05, 3.63) is 0 Å². The van der Waals surface area contributed by atoms with Crippen molar-refractivity contribution in [2.24, 2.45) is 0 Å². The maximum Gasteiger partial charge on any atom is 0.471 e. The third-order valence-corrected chi connectivity index (χ3v) is 4.15. The molecule has 0 fully saturated rings. The smallest absolute Gasteiger partial charge is 0.303 e. The Morgan fingerprint density at radius 2 is 0.591 bits per heavy atom. The molecular weight excluding hydrogens is 409 g/mol. The second kappa shape index (κ2) is 15.4. The molecule has 22 heavy (non-hydrogen) atoms. The molecule has 0 aromatic carbocycles. The Hall–Kier alpha value is 0.862. The van der Waals surface area contributed by atoms with Crippen LogP contribution < -0.4 is 0 Å². The van der Waals surface area contributed by atoms with E-state index in [1.165, 1.54) is 0 Å². The molecule has 0 amide bonds. The summed E-state index contributed by atoms with van der Waals surface area (Å²) >= 11 is 0. The Labute approximate surface area is 139 Å². The quantitative estimate of drug-likeness (QED) is 0.515. The summed E-state index contributed by atoms with van der Waals surface area (Å²) in [6.45, 7) is 0. The van der Waals surface area contributed by atoms with E-state index in [4.69, 9.17) is 14.7 Å². The van der Waals surface area contributed by atoms with Crippen LogP contribution in [0.1, 0.15) is 0 Å². The molecule has 16 heteroatoms. The van der Waals surface area contributed by atoms with Gasteiger partial charge in [-0.15, -0.1) is 0 Å². The van der Waals surface area contributed by atoms with Gasteiger partial charge in [-0.2, -0.15) is 0 Å². The van der Waals surface area contributed by atoms with E-state index in [1.54, 1.807) is 0 Å². The van der Waals surface area contributed by atoms with Gasteiger partial charge in [0.05, 0.1) is 0 Å². The molecule has 0 unspecified atom stereocenters. The molecule has 0 heterocycles. The Balaban J connectivity index is -0.000000108. The second-order valence-electron chi connectivity index (χ2n) is 2.50. The fourth-order valence-corrected chi connectivity index (χ4v) is 0.671. The summed E-state index contributed by atoms with van der Waals surface area (Å²) in [6, 6.07) is 0. The summed E-state index contributed by atoms with van der Waals surface area (Å²) in [5.41, 5.74) is 0. The summed E-state index contributed by atoms with van der Waals surface area (Å²) in [6.07, 6.45) is 0. The zero-order valence-electron chi connectivity index (χ0n) is 12.8. The summed E-state index contributed by atoms with van der Waals surface area (Å²) in [7, 11) is -4.35. The van der Waals surface area contributed by atoms with E-state index in [0.29, 0.717) is 0 Å². The van der Waals surface area contributed by atoms with Gasteiger partial charge in [-0.3, -0.25) is 27.1 Å². The third-order valence-electron chi connectivity index (χ3n) is 1.38. The molecule has 0 aromatic rings. The van der Waals surface area contributed by atoms with Crippen LogP contribution in [0.15, 0.2) is 0 Å². The van der Waals surface area contributed by atoms with Crippen LogP contribution in [-0.4, -0.2) is 57.3 Å². The Bertz CT molecular complexity index is 308. The molecule has 0 saturated carbocycles. The predicted octanol–water partition coefficient (Wildman–Crippen LogP) is 1.14. The van der Waals surface area contributed by atoms with Crippen LogP contribution in [-0.2, 0) is 58.2 Å². The molecule has 0 rings (SSSR count). The van der Waals surface area contributed by atoms with Crippen LogP contribution in [0.5, 0.6) is 0 Å². The molecule has 0 aliphatic heterocycles. The Morgan fingerprint density at radius 1 is 0.500 bits per heavy atom. The fourth-order valence-electron chi connectivity index (χ4n) is 0.224. The molecule has 0 aliphatic rings. The molecule has 0 bridgehead atoms. The molecule has 0 aliphatic carbocycles. The summed E-state index contributed by atoms with van der Waals surface area (Å²) in [5.74, 6) is 0. The number of phosphoric ester groups is 3. The first-order chi connectivity index (χ1) is 9.36. The monoisotopic (exact) mass is 430 g/mol. The van der Waals surface area contributed by atoms with Gasteiger partial charge in [-0.05, 0) is 0 Å². The van der Waals surface area contributed by atoms with E-state index in [-0.39, 0.29) is 17.4 Å². The zero-order chi connectivity index (χ0) is 17.7. The van der Waals surface area contributed by atoms with Crippen molar-refractivity contribution >= 4 is 23.5 Å². The van der Waals surface area contributed by atoms with Crippen molar-refractivity contribution < 1.29 is 72.9 Å². The molecule has 0 saturated heterocycles. The average molecular weight is 430 g/mol. The van der Waals surface area contributed by atoms with E-state index in [2.05, 4.69) is 27.1 Å². The number of phosphoric acid groups is 3. The molecule has 0 atom stereocenters. The maximum absolute atomic E-state index is 10.1. The normalized spacial score (nSPS) is 11.3. The summed E-state index contributed by atoms with van der Waals surface area (Å²) in [4.78, 5) is 24.7. The Kier molecular flexibility index (Phi) is 21.5. The van der Waals surface area contributed by atoms with Gasteiger partial charge in [0.2, 0.25) is 0 Å². The molecular formula is C6H21CrO12P3. The van der Waals surface area contributed by atoms with Crippen LogP contribution in [0.2, 0.25) is 0 Å². The van der Waals surface area contributed by atoms with Crippen LogP contribution in [0, 0.1) is 0 Å². The largest absolute Gasteiger partial charge is 0.471 e. The first-order valence-corrected chi connectivity index (χ1v) is 9.18. The summed E-state index contributed by atoms with van der Waals surface area (Å²) in [5, 5.41) is 0. The van der Waals surface area contributed by atoms with Crippen molar-refractivity contribution in [3.8, 4) is 0 Å². The van der Waals surface area contributed by atoms with Gasteiger partial charge >= 0.3 is 23.5 Å². The average Bonchev–Trinajstić information content (AvgIpc) is 2.48. The topological polar surface area (TPSA) is 167 Å². The minimum Gasteiger partial charge on any atom is -0.303 e. The standard InChI is InChI=1S/3C2H7O4P.Cr/c3*1-5-7(3,4)6-2;/h3*1-2H3,(H,3,4);. The third kappa shape index (κ3) is 23.1. The fraction of sp³-hybridized carbons (Fsp3) is 1.00. The first-order valence-electron chi connectivity index (χ1n) is 4.69. The molecule has 12 nitrogen and oxygen atoms in total. The van der Waals surface area contributed by atoms with Crippen molar-refractivity contribution in [3.63, 3.8) is 0 Å². The molecule has 0 radical (unpaired) electrons. The van der Waals surface area contributed by atoms with Gasteiger partial charge in [0.15, 0.2) is 0 Å². The van der Waals surface area contributed by atoms with Crippen LogP contribution >= 0.6 is 23.5 Å². The number of hydrogen-bond donors (Lipinski definition) is 3.